The smallest absolute Gasteiger partial charge is 0.241 e. The summed E-state index contributed by atoms with van der Waals surface area (Å²) in [6.45, 7) is 0. The Morgan fingerprint density at radius 3 is 3.14 bits per heavy atom. The van der Waals surface area contributed by atoms with Gasteiger partial charge in [-0.1, -0.05) is 18.2 Å². The number of nitrogens with two attached hydrogens (primary N) is 1. The number of nitrogens with zero attached hydrogens (tertiary/aromatic N) is 1. The molecule has 3 N–H and O–H groups in total. The Morgan fingerprint density at radius 2 is 2.36 bits per heavy atom. The van der Waals surface area contributed by atoms with E-state index in [0.717, 1.165) is 16.5 Å². The summed E-state index contributed by atoms with van der Waals surface area (Å²) >= 11 is 0. The molecule has 4 nitrogen and oxygen atoms in total. The number of hydrogen-bond acceptors (Lipinski definition) is 2. The Kier molecular flexibility index (Phi) is 2.02. The van der Waals surface area contributed by atoms with Crippen LogP contribution in [0.4, 0.5) is 0 Å². The van der Waals surface area contributed by atoms with E-state index in [-0.39, 0.29) is 0 Å². The molecule has 1 aromatic carbocycles. The molecule has 1 amide bonds. The SMILES string of the molecule is NC(=O)C=Cc1cccc2cn[nH]c12. The topological polar surface area (TPSA) is 71.8 Å². The number of amides is 1. The minimum absolute atomic E-state index is 0.457. The molecular formula is C10H9N3O. The first-order valence-corrected chi connectivity index (χ1v) is 4.17. The van der Waals surface area contributed by atoms with Gasteiger partial charge in [0.25, 0.3) is 0 Å². The second-order valence-corrected chi connectivity index (χ2v) is 2.92. The Balaban J connectivity index is 2.51. The van der Waals surface area contributed by atoms with Crippen LogP contribution in [0.1, 0.15) is 5.56 Å². The van der Waals surface area contributed by atoms with Gasteiger partial charge in [0.15, 0.2) is 0 Å². The number of carbonyl (C=O) groups is 1. The molecule has 2 rings (SSSR count). The fourth-order valence-electron chi connectivity index (χ4n) is 1.30. The Morgan fingerprint density at radius 1 is 1.50 bits per heavy atom. The van der Waals surface area contributed by atoms with E-state index in [2.05, 4.69) is 10.2 Å². The number of carbonyl (C=O) groups excluding carboxylic acids is 1. The monoisotopic (exact) mass is 187 g/mol. The van der Waals surface area contributed by atoms with Crippen LogP contribution < -0.4 is 5.73 Å². The zero-order valence-corrected chi connectivity index (χ0v) is 7.40. The van der Waals surface area contributed by atoms with Gasteiger partial charge in [-0.05, 0) is 6.08 Å². The zero-order valence-electron chi connectivity index (χ0n) is 7.40. The molecule has 0 aliphatic heterocycles. The number of hydrogen-bond donors (Lipinski definition) is 2. The molecule has 0 fully saturated rings. The predicted octanol–water partition coefficient (Wildman–Crippen LogP) is 1.06. The van der Waals surface area contributed by atoms with Crippen LogP contribution in [0.15, 0.2) is 30.5 Å². The Hall–Kier alpha value is -2.10. The van der Waals surface area contributed by atoms with Crippen molar-refractivity contribution in [2.75, 3.05) is 0 Å². The molecule has 0 atom stereocenters. The van der Waals surface area contributed by atoms with Crippen molar-refractivity contribution in [1.82, 2.24) is 10.2 Å². The standard InChI is InChI=1S/C10H9N3O/c11-9(14)5-4-7-2-1-3-8-6-12-13-10(7)8/h1-6H,(H2,11,14)(H,12,13). The maximum absolute atomic E-state index is 10.6. The van der Waals surface area contributed by atoms with Crippen LogP contribution in [0, 0.1) is 0 Å². The first-order chi connectivity index (χ1) is 6.77. The van der Waals surface area contributed by atoms with Gasteiger partial charge in [0.05, 0.1) is 11.7 Å². The van der Waals surface area contributed by atoms with Gasteiger partial charge in [-0.3, -0.25) is 9.89 Å². The fourth-order valence-corrected chi connectivity index (χ4v) is 1.30. The lowest BCUT2D eigenvalue weighted by atomic mass is 10.1. The molecule has 0 radical (unpaired) electrons. The summed E-state index contributed by atoms with van der Waals surface area (Å²) < 4.78 is 0. The third kappa shape index (κ3) is 1.50. The van der Waals surface area contributed by atoms with Gasteiger partial charge in [0.1, 0.15) is 0 Å². The minimum Gasteiger partial charge on any atom is -0.366 e. The lowest BCUT2D eigenvalue weighted by Crippen LogP contribution is -2.05. The molecule has 70 valence electrons. The van der Waals surface area contributed by atoms with E-state index < -0.39 is 5.91 Å². The van der Waals surface area contributed by atoms with Gasteiger partial charge in [0, 0.05) is 17.0 Å². The summed E-state index contributed by atoms with van der Waals surface area (Å²) in [5.74, 6) is -0.457. The summed E-state index contributed by atoms with van der Waals surface area (Å²) in [5.41, 5.74) is 6.82. The molecule has 2 aromatic rings. The summed E-state index contributed by atoms with van der Waals surface area (Å²) in [4.78, 5) is 10.6. The van der Waals surface area contributed by atoms with E-state index in [0.29, 0.717) is 0 Å². The molecule has 0 spiro atoms. The summed E-state index contributed by atoms with van der Waals surface area (Å²) in [6.07, 6.45) is 4.73. The average Bonchev–Trinajstić information content (AvgIpc) is 2.62. The maximum atomic E-state index is 10.6. The van der Waals surface area contributed by atoms with Crippen molar-refractivity contribution in [2.24, 2.45) is 5.73 Å². The van der Waals surface area contributed by atoms with Crippen LogP contribution >= 0.6 is 0 Å². The quantitative estimate of drug-likeness (QED) is 0.690. The maximum Gasteiger partial charge on any atom is 0.241 e. The zero-order chi connectivity index (χ0) is 9.97. The van der Waals surface area contributed by atoms with E-state index in [9.17, 15) is 4.79 Å². The van der Waals surface area contributed by atoms with Gasteiger partial charge < -0.3 is 5.73 Å². The molecular weight excluding hydrogens is 178 g/mol. The molecule has 0 saturated heterocycles. The van der Waals surface area contributed by atoms with Crippen LogP contribution in [0.3, 0.4) is 0 Å². The van der Waals surface area contributed by atoms with Gasteiger partial charge in [0.2, 0.25) is 5.91 Å². The fraction of sp³-hybridized carbons (Fsp3) is 0. The van der Waals surface area contributed by atoms with Gasteiger partial charge in [-0.25, -0.2) is 0 Å². The van der Waals surface area contributed by atoms with Gasteiger partial charge >= 0.3 is 0 Å². The van der Waals surface area contributed by atoms with E-state index in [1.165, 1.54) is 6.08 Å². The molecule has 1 aromatic heterocycles. The highest BCUT2D eigenvalue weighted by Gasteiger charge is 1.98. The molecule has 0 aliphatic carbocycles. The first kappa shape index (κ1) is 8.50. The van der Waals surface area contributed by atoms with Crippen LogP contribution in [0.25, 0.3) is 17.0 Å². The van der Waals surface area contributed by atoms with Crippen LogP contribution in [-0.4, -0.2) is 16.1 Å². The van der Waals surface area contributed by atoms with Crippen molar-refractivity contribution in [3.63, 3.8) is 0 Å². The number of nitrogens with one attached hydrogen (secondary N) is 1. The second-order valence-electron chi connectivity index (χ2n) is 2.92. The Labute approximate surface area is 80.4 Å². The predicted molar refractivity (Wildman–Crippen MR) is 54.3 cm³/mol. The van der Waals surface area contributed by atoms with Crippen molar-refractivity contribution in [1.29, 1.82) is 0 Å². The highest BCUT2D eigenvalue weighted by Crippen LogP contribution is 2.16. The molecule has 1 heterocycles. The van der Waals surface area contributed by atoms with Crippen LogP contribution in [0.2, 0.25) is 0 Å². The van der Waals surface area contributed by atoms with Crippen molar-refractivity contribution >= 4 is 22.9 Å². The molecule has 0 bridgehead atoms. The highest BCUT2D eigenvalue weighted by molar-refractivity contribution is 5.94. The number of primary amides is 1. The van der Waals surface area contributed by atoms with E-state index in [4.69, 9.17) is 5.73 Å². The van der Waals surface area contributed by atoms with Crippen molar-refractivity contribution in [2.45, 2.75) is 0 Å². The number of para-hydroxylation sites is 1. The molecule has 0 saturated carbocycles. The largest absolute Gasteiger partial charge is 0.366 e. The second kappa shape index (κ2) is 3.33. The third-order valence-electron chi connectivity index (χ3n) is 1.94. The Bertz CT molecular complexity index is 499. The van der Waals surface area contributed by atoms with Crippen molar-refractivity contribution < 1.29 is 4.79 Å². The van der Waals surface area contributed by atoms with E-state index in [1.54, 1.807) is 12.3 Å². The minimum atomic E-state index is -0.457. The number of fused-ring (bicyclic) bond motifs is 1. The summed E-state index contributed by atoms with van der Waals surface area (Å²) in [6, 6.07) is 5.74. The number of H-pyrrole nitrogens is 1. The van der Waals surface area contributed by atoms with E-state index in [1.807, 2.05) is 18.2 Å². The number of rotatable bonds is 2. The van der Waals surface area contributed by atoms with E-state index >= 15 is 0 Å². The molecule has 4 heteroatoms. The molecule has 0 unspecified atom stereocenters. The lowest BCUT2D eigenvalue weighted by molar-refractivity contribution is -0.113. The summed E-state index contributed by atoms with van der Waals surface area (Å²) in [7, 11) is 0. The number of benzene rings is 1. The average molecular weight is 187 g/mol. The summed E-state index contributed by atoms with van der Waals surface area (Å²) in [5, 5.41) is 7.78. The van der Waals surface area contributed by atoms with Crippen LogP contribution in [-0.2, 0) is 4.79 Å². The highest BCUT2D eigenvalue weighted by atomic mass is 16.1. The third-order valence-corrected chi connectivity index (χ3v) is 1.94. The van der Waals surface area contributed by atoms with Gasteiger partial charge in [-0.2, -0.15) is 5.10 Å². The molecule has 14 heavy (non-hydrogen) atoms. The molecule has 0 aliphatic rings. The van der Waals surface area contributed by atoms with Crippen LogP contribution in [0.5, 0.6) is 0 Å². The number of aromatic amines is 1. The van der Waals surface area contributed by atoms with Crippen molar-refractivity contribution in [3.05, 3.63) is 36.0 Å². The normalized spacial score (nSPS) is 11.1. The van der Waals surface area contributed by atoms with Crippen molar-refractivity contribution in [3.8, 4) is 0 Å². The number of aromatic nitrogens is 2. The van der Waals surface area contributed by atoms with Gasteiger partial charge in [-0.15, -0.1) is 0 Å². The lowest BCUT2D eigenvalue weighted by Gasteiger charge is -1.94. The first-order valence-electron chi connectivity index (χ1n) is 4.17.